The van der Waals surface area contributed by atoms with Gasteiger partial charge in [-0.05, 0) is 35.8 Å². The van der Waals surface area contributed by atoms with E-state index in [1.165, 1.54) is 4.88 Å². The van der Waals surface area contributed by atoms with E-state index < -0.39 is 0 Å². The van der Waals surface area contributed by atoms with E-state index in [0.29, 0.717) is 6.04 Å². The molecule has 0 aliphatic rings. The SMILES string of the molecule is CN=C(NCc1cc(Br)cs1)NC(C)C. The van der Waals surface area contributed by atoms with Gasteiger partial charge in [0.15, 0.2) is 5.96 Å². The predicted octanol–water partition coefficient (Wildman–Crippen LogP) is 2.58. The number of hydrogen-bond donors (Lipinski definition) is 2. The van der Waals surface area contributed by atoms with Crippen molar-refractivity contribution < 1.29 is 0 Å². The standard InChI is InChI=1S/C10H16BrN3S/c1-7(2)14-10(12-3)13-5-9-4-8(11)6-15-9/h4,6-7H,5H2,1-3H3,(H2,12,13,14). The Hall–Kier alpha value is -0.550. The molecule has 0 fully saturated rings. The molecule has 0 atom stereocenters. The van der Waals surface area contributed by atoms with Crippen LogP contribution in [0.5, 0.6) is 0 Å². The van der Waals surface area contributed by atoms with E-state index in [1.54, 1.807) is 18.4 Å². The third-order valence-corrected chi connectivity index (χ3v) is 3.40. The van der Waals surface area contributed by atoms with Crippen LogP contribution in [0.25, 0.3) is 0 Å². The molecular formula is C10H16BrN3S. The molecule has 0 unspecified atom stereocenters. The predicted molar refractivity (Wildman–Crippen MR) is 70.5 cm³/mol. The summed E-state index contributed by atoms with van der Waals surface area (Å²) in [6, 6.07) is 2.51. The van der Waals surface area contributed by atoms with Gasteiger partial charge in [0.05, 0.1) is 6.54 Å². The van der Waals surface area contributed by atoms with Crippen LogP contribution in [0.1, 0.15) is 18.7 Å². The maximum atomic E-state index is 4.14. The molecule has 0 saturated carbocycles. The summed E-state index contributed by atoms with van der Waals surface area (Å²) in [5.41, 5.74) is 0. The van der Waals surface area contributed by atoms with E-state index in [-0.39, 0.29) is 0 Å². The molecule has 15 heavy (non-hydrogen) atoms. The minimum absolute atomic E-state index is 0.395. The minimum Gasteiger partial charge on any atom is -0.354 e. The van der Waals surface area contributed by atoms with E-state index >= 15 is 0 Å². The lowest BCUT2D eigenvalue weighted by molar-refractivity contribution is 0.701. The summed E-state index contributed by atoms with van der Waals surface area (Å²) >= 11 is 5.16. The van der Waals surface area contributed by atoms with Crippen LogP contribution < -0.4 is 10.6 Å². The topological polar surface area (TPSA) is 36.4 Å². The van der Waals surface area contributed by atoms with E-state index in [9.17, 15) is 0 Å². The summed E-state index contributed by atoms with van der Waals surface area (Å²) in [7, 11) is 1.78. The highest BCUT2D eigenvalue weighted by atomic mass is 79.9. The molecule has 0 amide bonds. The Kier molecular flexibility index (Phi) is 5.11. The van der Waals surface area contributed by atoms with Crippen molar-refractivity contribution >= 4 is 33.2 Å². The van der Waals surface area contributed by atoms with Crippen LogP contribution in [0, 0.1) is 0 Å². The van der Waals surface area contributed by atoms with Crippen molar-refractivity contribution in [2.45, 2.75) is 26.4 Å². The average Bonchev–Trinajstić information content (AvgIpc) is 2.58. The van der Waals surface area contributed by atoms with Gasteiger partial charge in [0, 0.05) is 27.8 Å². The molecule has 1 aromatic heterocycles. The van der Waals surface area contributed by atoms with E-state index in [0.717, 1.165) is 17.0 Å². The molecule has 0 bridgehead atoms. The summed E-state index contributed by atoms with van der Waals surface area (Å²) in [4.78, 5) is 5.42. The van der Waals surface area contributed by atoms with Gasteiger partial charge < -0.3 is 10.6 Å². The van der Waals surface area contributed by atoms with Crippen molar-refractivity contribution in [3.05, 3.63) is 20.8 Å². The first-order valence-corrected chi connectivity index (χ1v) is 6.49. The number of nitrogens with zero attached hydrogens (tertiary/aromatic N) is 1. The zero-order valence-corrected chi connectivity index (χ0v) is 11.6. The lowest BCUT2D eigenvalue weighted by atomic mass is 10.4. The second-order valence-corrected chi connectivity index (χ2v) is 5.37. The summed E-state index contributed by atoms with van der Waals surface area (Å²) in [5, 5.41) is 8.58. The number of nitrogens with one attached hydrogen (secondary N) is 2. The highest BCUT2D eigenvalue weighted by Gasteiger charge is 2.01. The van der Waals surface area contributed by atoms with Crippen LogP contribution in [0.3, 0.4) is 0 Å². The van der Waals surface area contributed by atoms with Gasteiger partial charge in [0.25, 0.3) is 0 Å². The van der Waals surface area contributed by atoms with Crippen molar-refractivity contribution in [2.24, 2.45) is 4.99 Å². The molecule has 0 radical (unpaired) electrons. The lowest BCUT2D eigenvalue weighted by Crippen LogP contribution is -2.40. The van der Waals surface area contributed by atoms with Gasteiger partial charge >= 0.3 is 0 Å². The number of guanidine groups is 1. The summed E-state index contributed by atoms with van der Waals surface area (Å²) < 4.78 is 1.14. The normalized spacial score (nSPS) is 11.9. The fraction of sp³-hybridized carbons (Fsp3) is 0.500. The molecule has 3 nitrogen and oxygen atoms in total. The number of aliphatic imine (C=N–C) groups is 1. The van der Waals surface area contributed by atoms with Gasteiger partial charge in [-0.25, -0.2) is 0 Å². The number of halogens is 1. The van der Waals surface area contributed by atoms with Crippen LogP contribution >= 0.6 is 27.3 Å². The van der Waals surface area contributed by atoms with Gasteiger partial charge in [0.1, 0.15) is 0 Å². The van der Waals surface area contributed by atoms with E-state index in [1.807, 2.05) is 0 Å². The molecule has 1 aromatic rings. The molecule has 1 rings (SSSR count). The molecule has 0 spiro atoms. The quantitative estimate of drug-likeness (QED) is 0.663. The summed E-state index contributed by atoms with van der Waals surface area (Å²) in [5.74, 6) is 0.842. The largest absolute Gasteiger partial charge is 0.354 e. The third kappa shape index (κ3) is 4.66. The molecular weight excluding hydrogens is 274 g/mol. The number of thiophene rings is 1. The van der Waals surface area contributed by atoms with Crippen LogP contribution in [0.2, 0.25) is 0 Å². The van der Waals surface area contributed by atoms with Crippen LogP contribution in [0.4, 0.5) is 0 Å². The first-order chi connectivity index (χ1) is 7.11. The first kappa shape index (κ1) is 12.5. The van der Waals surface area contributed by atoms with Gasteiger partial charge in [0.2, 0.25) is 0 Å². The number of rotatable bonds is 3. The van der Waals surface area contributed by atoms with Crippen LogP contribution in [-0.2, 0) is 6.54 Å². The van der Waals surface area contributed by atoms with Crippen LogP contribution in [0.15, 0.2) is 20.9 Å². The highest BCUT2D eigenvalue weighted by molar-refractivity contribution is 9.10. The van der Waals surface area contributed by atoms with E-state index in [4.69, 9.17) is 0 Å². The molecule has 0 aromatic carbocycles. The monoisotopic (exact) mass is 289 g/mol. The lowest BCUT2D eigenvalue weighted by Gasteiger charge is -2.13. The Labute approximate surface area is 103 Å². The third-order valence-electron chi connectivity index (χ3n) is 1.70. The zero-order valence-electron chi connectivity index (χ0n) is 9.17. The molecule has 2 N–H and O–H groups in total. The van der Waals surface area contributed by atoms with Crippen LogP contribution in [-0.4, -0.2) is 19.0 Å². The van der Waals surface area contributed by atoms with Crippen molar-refractivity contribution in [3.63, 3.8) is 0 Å². The Morgan fingerprint density at radius 3 is 2.80 bits per heavy atom. The van der Waals surface area contributed by atoms with Crippen molar-refractivity contribution in [3.8, 4) is 0 Å². The maximum absolute atomic E-state index is 4.14. The Bertz CT molecular complexity index is 333. The smallest absolute Gasteiger partial charge is 0.191 e. The minimum atomic E-state index is 0.395. The van der Waals surface area contributed by atoms with Gasteiger partial charge in [-0.15, -0.1) is 11.3 Å². The highest BCUT2D eigenvalue weighted by Crippen LogP contribution is 2.19. The summed E-state index contributed by atoms with van der Waals surface area (Å²) in [6.45, 7) is 4.99. The zero-order chi connectivity index (χ0) is 11.3. The van der Waals surface area contributed by atoms with E-state index in [2.05, 4.69) is 56.8 Å². The molecule has 0 aliphatic carbocycles. The Morgan fingerprint density at radius 2 is 2.33 bits per heavy atom. The van der Waals surface area contributed by atoms with Crippen molar-refractivity contribution in [1.29, 1.82) is 0 Å². The van der Waals surface area contributed by atoms with Gasteiger partial charge in [-0.2, -0.15) is 0 Å². The summed E-state index contributed by atoms with van der Waals surface area (Å²) in [6.07, 6.45) is 0. The van der Waals surface area contributed by atoms with Crippen molar-refractivity contribution in [1.82, 2.24) is 10.6 Å². The second-order valence-electron chi connectivity index (χ2n) is 3.46. The molecule has 84 valence electrons. The van der Waals surface area contributed by atoms with Gasteiger partial charge in [-0.1, -0.05) is 0 Å². The molecule has 0 saturated heterocycles. The Morgan fingerprint density at radius 1 is 1.60 bits per heavy atom. The Balaban J connectivity index is 2.41. The molecule has 1 heterocycles. The average molecular weight is 290 g/mol. The fourth-order valence-electron chi connectivity index (χ4n) is 1.09. The fourth-order valence-corrected chi connectivity index (χ4v) is 2.48. The van der Waals surface area contributed by atoms with Gasteiger partial charge in [-0.3, -0.25) is 4.99 Å². The molecule has 0 aliphatic heterocycles. The second kappa shape index (κ2) is 6.12. The first-order valence-electron chi connectivity index (χ1n) is 4.82. The molecule has 5 heteroatoms. The maximum Gasteiger partial charge on any atom is 0.191 e. The van der Waals surface area contributed by atoms with Crippen molar-refractivity contribution in [2.75, 3.05) is 7.05 Å². The number of hydrogen-bond acceptors (Lipinski definition) is 2.